The number of H-pyrrole nitrogens is 1. The summed E-state index contributed by atoms with van der Waals surface area (Å²) >= 11 is 0. The van der Waals surface area contributed by atoms with Crippen LogP contribution >= 0.6 is 0 Å². The van der Waals surface area contributed by atoms with Crippen molar-refractivity contribution >= 4 is 0 Å². The molecular weight excluding hydrogens is 284 g/mol. The SMILES string of the molecule is C1CCc2[nH]nc(CNC[C@@H]3CCCN4CCCC[C@H]34)c2CC1. The van der Waals surface area contributed by atoms with Crippen LogP contribution in [0, 0.1) is 5.92 Å². The monoisotopic (exact) mass is 316 g/mol. The van der Waals surface area contributed by atoms with E-state index in [9.17, 15) is 0 Å². The van der Waals surface area contributed by atoms with Gasteiger partial charge in [-0.25, -0.2) is 0 Å². The second kappa shape index (κ2) is 7.35. The van der Waals surface area contributed by atoms with Crippen LogP contribution < -0.4 is 5.32 Å². The normalized spacial score (nSPS) is 28.9. The van der Waals surface area contributed by atoms with Gasteiger partial charge in [0.25, 0.3) is 0 Å². The van der Waals surface area contributed by atoms with Crippen LogP contribution in [0.1, 0.15) is 68.3 Å². The fraction of sp³-hybridized carbons (Fsp3) is 0.842. The molecule has 2 N–H and O–H groups in total. The molecule has 0 aromatic carbocycles. The molecule has 3 aliphatic rings. The van der Waals surface area contributed by atoms with E-state index < -0.39 is 0 Å². The van der Waals surface area contributed by atoms with Gasteiger partial charge in [-0.1, -0.05) is 12.8 Å². The molecule has 1 aromatic heterocycles. The molecule has 2 atom stereocenters. The Morgan fingerprint density at radius 3 is 2.91 bits per heavy atom. The average Bonchev–Trinajstić information content (AvgIpc) is 2.82. The molecule has 4 nitrogen and oxygen atoms in total. The summed E-state index contributed by atoms with van der Waals surface area (Å²) in [5.74, 6) is 0.849. The number of fused-ring (bicyclic) bond motifs is 2. The number of hydrogen-bond donors (Lipinski definition) is 2. The first kappa shape index (κ1) is 15.6. The molecule has 2 aliphatic heterocycles. The zero-order chi connectivity index (χ0) is 15.5. The fourth-order valence-electron chi connectivity index (χ4n) is 5.06. The van der Waals surface area contributed by atoms with Crippen LogP contribution in [0.15, 0.2) is 0 Å². The third-order valence-corrected chi connectivity index (χ3v) is 6.32. The number of aromatic nitrogens is 2. The third kappa shape index (κ3) is 3.48. The van der Waals surface area contributed by atoms with E-state index in [1.54, 1.807) is 0 Å². The first-order chi connectivity index (χ1) is 11.4. The van der Waals surface area contributed by atoms with Gasteiger partial charge in [0.1, 0.15) is 0 Å². The molecule has 0 bridgehead atoms. The van der Waals surface area contributed by atoms with Gasteiger partial charge in [-0.3, -0.25) is 5.10 Å². The summed E-state index contributed by atoms with van der Waals surface area (Å²) in [7, 11) is 0. The minimum absolute atomic E-state index is 0.848. The highest BCUT2D eigenvalue weighted by Gasteiger charge is 2.32. The van der Waals surface area contributed by atoms with E-state index in [2.05, 4.69) is 20.4 Å². The largest absolute Gasteiger partial charge is 0.311 e. The number of piperidine rings is 2. The molecule has 0 saturated carbocycles. The quantitative estimate of drug-likeness (QED) is 0.839. The maximum absolute atomic E-state index is 4.61. The van der Waals surface area contributed by atoms with Gasteiger partial charge < -0.3 is 10.2 Å². The van der Waals surface area contributed by atoms with Gasteiger partial charge >= 0.3 is 0 Å². The van der Waals surface area contributed by atoms with Crippen molar-refractivity contribution in [3.63, 3.8) is 0 Å². The smallest absolute Gasteiger partial charge is 0.0794 e. The lowest BCUT2D eigenvalue weighted by molar-refractivity contribution is 0.0593. The van der Waals surface area contributed by atoms with Gasteiger partial charge in [0.2, 0.25) is 0 Å². The number of hydrogen-bond acceptors (Lipinski definition) is 3. The minimum atomic E-state index is 0.848. The molecule has 2 fully saturated rings. The van der Waals surface area contributed by atoms with Crippen molar-refractivity contribution in [3.05, 3.63) is 17.0 Å². The lowest BCUT2D eigenvalue weighted by atomic mass is 9.83. The zero-order valence-corrected chi connectivity index (χ0v) is 14.4. The van der Waals surface area contributed by atoms with E-state index in [1.165, 1.54) is 101 Å². The Morgan fingerprint density at radius 1 is 1.00 bits per heavy atom. The van der Waals surface area contributed by atoms with Crippen LogP contribution in [0.3, 0.4) is 0 Å². The van der Waals surface area contributed by atoms with E-state index >= 15 is 0 Å². The van der Waals surface area contributed by atoms with Gasteiger partial charge in [0.05, 0.1) is 5.69 Å². The Hall–Kier alpha value is -0.870. The minimum Gasteiger partial charge on any atom is -0.311 e. The van der Waals surface area contributed by atoms with Gasteiger partial charge in [0.15, 0.2) is 0 Å². The molecular formula is C19H32N4. The molecule has 3 heterocycles. The first-order valence-electron chi connectivity index (χ1n) is 9.91. The molecule has 4 rings (SSSR count). The van der Waals surface area contributed by atoms with Gasteiger partial charge in [-0.2, -0.15) is 5.10 Å². The summed E-state index contributed by atoms with van der Waals surface area (Å²) in [6.07, 6.45) is 13.5. The van der Waals surface area contributed by atoms with Crippen LogP contribution in [0.5, 0.6) is 0 Å². The second-order valence-electron chi connectivity index (χ2n) is 7.82. The Labute approximate surface area is 140 Å². The van der Waals surface area contributed by atoms with Crippen molar-refractivity contribution in [3.8, 4) is 0 Å². The Kier molecular flexibility index (Phi) is 5.00. The van der Waals surface area contributed by atoms with Crippen molar-refractivity contribution < 1.29 is 0 Å². The van der Waals surface area contributed by atoms with Crippen LogP contribution in [-0.2, 0) is 19.4 Å². The van der Waals surface area contributed by atoms with E-state index in [-0.39, 0.29) is 0 Å². The van der Waals surface area contributed by atoms with Crippen LogP contribution in [-0.4, -0.2) is 40.8 Å². The highest BCUT2D eigenvalue weighted by molar-refractivity contribution is 5.26. The van der Waals surface area contributed by atoms with Crippen LogP contribution in [0.2, 0.25) is 0 Å². The summed E-state index contributed by atoms with van der Waals surface area (Å²) < 4.78 is 0. The summed E-state index contributed by atoms with van der Waals surface area (Å²) in [5, 5.41) is 11.7. The molecule has 4 heteroatoms. The third-order valence-electron chi connectivity index (χ3n) is 6.32. The van der Waals surface area contributed by atoms with Crippen molar-refractivity contribution in [1.82, 2.24) is 20.4 Å². The number of nitrogens with zero attached hydrogens (tertiary/aromatic N) is 2. The highest BCUT2D eigenvalue weighted by Crippen LogP contribution is 2.30. The van der Waals surface area contributed by atoms with Crippen molar-refractivity contribution in [2.24, 2.45) is 5.92 Å². The van der Waals surface area contributed by atoms with Gasteiger partial charge in [-0.05, 0) is 82.5 Å². The predicted octanol–water partition coefficient (Wildman–Crippen LogP) is 3.03. The van der Waals surface area contributed by atoms with Gasteiger partial charge in [-0.15, -0.1) is 0 Å². The lowest BCUT2D eigenvalue weighted by Crippen LogP contribution is -2.50. The standard InChI is InChI=1S/C19H32N4/c1-2-8-16-17(9-3-1)21-22-18(16)14-20-13-15-7-6-12-23-11-5-4-10-19(15)23/h15,19-20H,1-14H2,(H,21,22)/t15-,19+/m0/s1. The fourth-order valence-corrected chi connectivity index (χ4v) is 5.06. The molecule has 1 aromatic rings. The average molecular weight is 316 g/mol. The summed E-state index contributed by atoms with van der Waals surface area (Å²) in [5.41, 5.74) is 4.23. The number of rotatable bonds is 4. The summed E-state index contributed by atoms with van der Waals surface area (Å²) in [4.78, 5) is 2.76. The molecule has 1 aliphatic carbocycles. The lowest BCUT2D eigenvalue weighted by Gasteiger charge is -2.44. The Morgan fingerprint density at radius 2 is 1.91 bits per heavy atom. The van der Waals surface area contributed by atoms with E-state index in [1.807, 2.05) is 0 Å². The van der Waals surface area contributed by atoms with Gasteiger partial charge in [0, 0.05) is 18.3 Å². The highest BCUT2D eigenvalue weighted by atomic mass is 15.2. The molecule has 0 spiro atoms. The molecule has 23 heavy (non-hydrogen) atoms. The predicted molar refractivity (Wildman–Crippen MR) is 93.5 cm³/mol. The Balaban J connectivity index is 1.32. The maximum atomic E-state index is 4.61. The zero-order valence-electron chi connectivity index (χ0n) is 14.4. The molecule has 0 amide bonds. The van der Waals surface area contributed by atoms with Crippen molar-refractivity contribution in [2.75, 3.05) is 19.6 Å². The van der Waals surface area contributed by atoms with Crippen molar-refractivity contribution in [2.45, 2.75) is 76.8 Å². The Bertz CT molecular complexity index is 507. The first-order valence-corrected chi connectivity index (χ1v) is 9.91. The topological polar surface area (TPSA) is 44.0 Å². The molecule has 2 saturated heterocycles. The van der Waals surface area contributed by atoms with E-state index in [4.69, 9.17) is 0 Å². The van der Waals surface area contributed by atoms with E-state index in [0.29, 0.717) is 0 Å². The second-order valence-corrected chi connectivity index (χ2v) is 7.82. The molecule has 128 valence electrons. The van der Waals surface area contributed by atoms with Crippen LogP contribution in [0.25, 0.3) is 0 Å². The number of aryl methyl sites for hydroxylation is 1. The summed E-state index contributed by atoms with van der Waals surface area (Å²) in [6, 6.07) is 0.848. The molecule has 0 radical (unpaired) electrons. The number of aromatic amines is 1. The van der Waals surface area contributed by atoms with Crippen molar-refractivity contribution in [1.29, 1.82) is 0 Å². The number of nitrogens with one attached hydrogen (secondary N) is 2. The van der Waals surface area contributed by atoms with E-state index in [0.717, 1.165) is 18.5 Å². The maximum Gasteiger partial charge on any atom is 0.0794 e. The van der Waals surface area contributed by atoms with Crippen LogP contribution in [0.4, 0.5) is 0 Å². The summed E-state index contributed by atoms with van der Waals surface area (Å²) in [6.45, 7) is 4.81. The molecule has 0 unspecified atom stereocenters.